The maximum atomic E-state index is 4.23. The molecule has 0 bridgehead atoms. The van der Waals surface area contributed by atoms with Gasteiger partial charge < -0.3 is 10.2 Å². The molecule has 1 fully saturated rings. The fraction of sp³-hybridized carbons (Fsp3) is 0.364. The Bertz CT molecular complexity index is 712. The Hall–Kier alpha value is -2.06. The molecule has 2 aromatic rings. The summed E-state index contributed by atoms with van der Waals surface area (Å²) in [7, 11) is 0. The molecule has 124 valence electrons. The molecule has 2 nitrogen and oxygen atoms in total. The van der Waals surface area contributed by atoms with Crippen LogP contribution in [0.2, 0.25) is 0 Å². The van der Waals surface area contributed by atoms with Gasteiger partial charge in [0.2, 0.25) is 0 Å². The van der Waals surface area contributed by atoms with Crippen molar-refractivity contribution in [2.24, 2.45) is 0 Å². The maximum Gasteiger partial charge on any atom is 0.0649 e. The fourth-order valence-corrected chi connectivity index (χ4v) is 4.31. The summed E-state index contributed by atoms with van der Waals surface area (Å²) in [5.41, 5.74) is 5.67. The first-order valence-corrected chi connectivity index (χ1v) is 9.06. The molecular formula is C22H26N2. The van der Waals surface area contributed by atoms with Gasteiger partial charge in [-0.05, 0) is 36.0 Å². The summed E-state index contributed by atoms with van der Waals surface area (Å²) >= 11 is 0. The number of nitrogens with zero attached hydrogens (tertiary/aromatic N) is 1. The van der Waals surface area contributed by atoms with Crippen LogP contribution in [0.25, 0.3) is 0 Å². The van der Waals surface area contributed by atoms with Gasteiger partial charge in [-0.1, -0.05) is 61.2 Å². The smallest absolute Gasteiger partial charge is 0.0649 e. The molecule has 1 spiro atoms. The highest BCUT2D eigenvalue weighted by atomic mass is 15.2. The molecule has 0 saturated carbocycles. The first-order valence-electron chi connectivity index (χ1n) is 9.06. The van der Waals surface area contributed by atoms with E-state index in [1.807, 2.05) is 0 Å². The van der Waals surface area contributed by atoms with Crippen LogP contribution in [0.5, 0.6) is 0 Å². The lowest BCUT2D eigenvalue weighted by Gasteiger charge is -2.47. The predicted molar refractivity (Wildman–Crippen MR) is 99.9 cm³/mol. The zero-order valence-electron chi connectivity index (χ0n) is 14.3. The van der Waals surface area contributed by atoms with Gasteiger partial charge in [-0.3, -0.25) is 0 Å². The minimum atomic E-state index is 0.106. The third-order valence-corrected chi connectivity index (χ3v) is 5.62. The number of piperidine rings is 1. The number of rotatable bonds is 3. The third-order valence-electron chi connectivity index (χ3n) is 5.62. The molecule has 4 rings (SSSR count). The molecule has 2 aliphatic heterocycles. The topological polar surface area (TPSA) is 15.3 Å². The van der Waals surface area contributed by atoms with Gasteiger partial charge in [0.15, 0.2) is 0 Å². The number of hydrogen-bond acceptors (Lipinski definition) is 2. The fourth-order valence-electron chi connectivity index (χ4n) is 4.31. The van der Waals surface area contributed by atoms with Crippen molar-refractivity contribution in [3.05, 3.63) is 83.6 Å². The second kappa shape index (κ2) is 6.45. The largest absolute Gasteiger partial charge is 0.379 e. The Morgan fingerprint density at radius 1 is 0.958 bits per heavy atom. The monoisotopic (exact) mass is 318 g/mol. The van der Waals surface area contributed by atoms with Crippen LogP contribution in [0.1, 0.15) is 29.5 Å². The maximum absolute atomic E-state index is 4.23. The van der Waals surface area contributed by atoms with Gasteiger partial charge in [-0.15, -0.1) is 0 Å². The van der Waals surface area contributed by atoms with Crippen molar-refractivity contribution in [1.82, 2.24) is 10.2 Å². The molecule has 2 heterocycles. The lowest BCUT2D eigenvalue weighted by Crippen LogP contribution is -2.53. The van der Waals surface area contributed by atoms with Crippen molar-refractivity contribution in [2.75, 3.05) is 19.6 Å². The van der Waals surface area contributed by atoms with Crippen molar-refractivity contribution in [1.29, 1.82) is 0 Å². The van der Waals surface area contributed by atoms with Crippen LogP contribution in [-0.4, -0.2) is 24.5 Å². The van der Waals surface area contributed by atoms with Gasteiger partial charge >= 0.3 is 0 Å². The van der Waals surface area contributed by atoms with E-state index < -0.39 is 0 Å². The summed E-state index contributed by atoms with van der Waals surface area (Å²) in [6, 6.07) is 19.7. The molecule has 0 aromatic heterocycles. The summed E-state index contributed by atoms with van der Waals surface area (Å²) in [4.78, 5) is 2.61. The number of nitrogens with one attached hydrogen (secondary N) is 1. The lowest BCUT2D eigenvalue weighted by atomic mass is 9.75. The molecule has 2 aromatic carbocycles. The molecule has 2 aliphatic rings. The number of likely N-dealkylation sites (tertiary alicyclic amines) is 1. The van der Waals surface area contributed by atoms with Crippen molar-refractivity contribution >= 4 is 0 Å². The molecule has 0 aliphatic carbocycles. The minimum absolute atomic E-state index is 0.106. The van der Waals surface area contributed by atoms with Crippen molar-refractivity contribution in [3.63, 3.8) is 0 Å². The summed E-state index contributed by atoms with van der Waals surface area (Å²) in [6.45, 7) is 7.70. The number of fused-ring (bicyclic) bond motifs is 2. The Kier molecular flexibility index (Phi) is 4.15. The normalized spacial score (nSPS) is 19.8. The van der Waals surface area contributed by atoms with Crippen LogP contribution in [0.15, 0.2) is 66.9 Å². The number of hydrogen-bond donors (Lipinski definition) is 1. The molecule has 1 saturated heterocycles. The van der Waals surface area contributed by atoms with Gasteiger partial charge in [-0.2, -0.15) is 0 Å². The summed E-state index contributed by atoms with van der Waals surface area (Å²) in [6.07, 6.45) is 4.44. The van der Waals surface area contributed by atoms with E-state index in [0.717, 1.165) is 45.3 Å². The Morgan fingerprint density at radius 2 is 1.67 bits per heavy atom. The van der Waals surface area contributed by atoms with Crippen molar-refractivity contribution in [3.8, 4) is 0 Å². The third kappa shape index (κ3) is 2.99. The van der Waals surface area contributed by atoms with E-state index in [-0.39, 0.29) is 5.54 Å². The van der Waals surface area contributed by atoms with E-state index in [4.69, 9.17) is 0 Å². The number of benzene rings is 2. The molecule has 0 unspecified atom stereocenters. The second-order valence-corrected chi connectivity index (χ2v) is 7.22. The average Bonchev–Trinajstić information content (AvgIpc) is 2.62. The van der Waals surface area contributed by atoms with E-state index in [1.165, 1.54) is 22.4 Å². The van der Waals surface area contributed by atoms with E-state index in [1.54, 1.807) is 0 Å². The van der Waals surface area contributed by atoms with Crippen LogP contribution in [0.3, 0.4) is 0 Å². The van der Waals surface area contributed by atoms with E-state index >= 15 is 0 Å². The second-order valence-electron chi connectivity index (χ2n) is 7.22. The predicted octanol–water partition coefficient (Wildman–Crippen LogP) is 3.88. The summed E-state index contributed by atoms with van der Waals surface area (Å²) in [5.74, 6) is 0. The van der Waals surface area contributed by atoms with Gasteiger partial charge in [0.25, 0.3) is 0 Å². The first-order chi connectivity index (χ1) is 11.8. The average molecular weight is 318 g/mol. The van der Waals surface area contributed by atoms with Crippen molar-refractivity contribution in [2.45, 2.75) is 31.2 Å². The van der Waals surface area contributed by atoms with Crippen LogP contribution < -0.4 is 5.32 Å². The molecule has 0 atom stereocenters. The van der Waals surface area contributed by atoms with Gasteiger partial charge in [0.05, 0.1) is 5.54 Å². The summed E-state index contributed by atoms with van der Waals surface area (Å²) < 4.78 is 0. The Morgan fingerprint density at radius 3 is 2.46 bits per heavy atom. The standard InChI is InChI=1S/C22H26N2/c1-18-17-20-9-5-6-10-21(20)22(23-18)12-15-24(16-13-22)14-11-19-7-3-2-4-8-19/h2-10,23H,1,11-17H2. The van der Waals surface area contributed by atoms with E-state index in [2.05, 4.69) is 71.4 Å². The van der Waals surface area contributed by atoms with E-state index in [9.17, 15) is 0 Å². The van der Waals surface area contributed by atoms with Crippen molar-refractivity contribution < 1.29 is 0 Å². The lowest BCUT2D eigenvalue weighted by molar-refractivity contribution is 0.138. The van der Waals surface area contributed by atoms with Gasteiger partial charge in [-0.25, -0.2) is 0 Å². The highest BCUT2D eigenvalue weighted by Crippen LogP contribution is 2.39. The van der Waals surface area contributed by atoms with Crippen LogP contribution >= 0.6 is 0 Å². The minimum Gasteiger partial charge on any atom is -0.379 e. The zero-order valence-corrected chi connectivity index (χ0v) is 14.3. The number of allylic oxidation sites excluding steroid dienone is 1. The zero-order chi connectivity index (χ0) is 16.4. The van der Waals surface area contributed by atoms with Crippen LogP contribution in [-0.2, 0) is 18.4 Å². The van der Waals surface area contributed by atoms with E-state index in [0.29, 0.717) is 0 Å². The SMILES string of the molecule is C=C1Cc2ccccc2C2(CCN(CCc3ccccc3)CC2)N1. The van der Waals surface area contributed by atoms with Crippen LogP contribution in [0.4, 0.5) is 0 Å². The quantitative estimate of drug-likeness (QED) is 0.924. The molecule has 2 heteroatoms. The molecule has 24 heavy (non-hydrogen) atoms. The first kappa shape index (κ1) is 15.5. The molecular weight excluding hydrogens is 292 g/mol. The summed E-state index contributed by atoms with van der Waals surface area (Å²) in [5, 5.41) is 3.76. The van der Waals surface area contributed by atoms with Gasteiger partial charge in [0, 0.05) is 31.8 Å². The van der Waals surface area contributed by atoms with Gasteiger partial charge in [0.1, 0.15) is 0 Å². The highest BCUT2D eigenvalue weighted by Gasteiger charge is 2.39. The molecule has 0 radical (unpaired) electrons. The molecule has 1 N–H and O–H groups in total. The molecule has 0 amide bonds. The van der Waals surface area contributed by atoms with Crippen LogP contribution in [0, 0.1) is 0 Å². The highest BCUT2D eigenvalue weighted by molar-refractivity contribution is 5.41. The Balaban J connectivity index is 1.43. The Labute approximate surface area is 145 Å².